The third-order valence-corrected chi connectivity index (χ3v) is 5.16. The second kappa shape index (κ2) is 8.21. The number of rotatable bonds is 6. The standard InChI is InChI=1S/C17H17Br2ClO/c1-21-16-6-7-17(19)14(10-16)9-13(11-20)8-12-2-4-15(18)5-3-12/h2-7,10,13H,8-9,11H2,1H3. The topological polar surface area (TPSA) is 9.23 Å². The Morgan fingerprint density at radius 3 is 2.38 bits per heavy atom. The van der Waals surface area contributed by atoms with E-state index in [9.17, 15) is 0 Å². The average molecular weight is 433 g/mol. The van der Waals surface area contributed by atoms with E-state index in [0.29, 0.717) is 11.8 Å². The molecule has 0 aliphatic carbocycles. The molecule has 1 unspecified atom stereocenters. The van der Waals surface area contributed by atoms with Gasteiger partial charge in [0.15, 0.2) is 0 Å². The van der Waals surface area contributed by atoms with Gasteiger partial charge in [-0.15, -0.1) is 11.6 Å². The zero-order valence-electron chi connectivity index (χ0n) is 11.8. The van der Waals surface area contributed by atoms with Crippen LogP contribution in [-0.2, 0) is 12.8 Å². The highest BCUT2D eigenvalue weighted by Crippen LogP contribution is 2.26. The van der Waals surface area contributed by atoms with Gasteiger partial charge in [0.05, 0.1) is 7.11 Å². The third kappa shape index (κ3) is 5.01. The molecule has 0 aliphatic heterocycles. The summed E-state index contributed by atoms with van der Waals surface area (Å²) in [5.74, 6) is 1.92. The molecule has 21 heavy (non-hydrogen) atoms. The molecule has 0 aliphatic rings. The number of halogens is 3. The molecule has 0 radical (unpaired) electrons. The van der Waals surface area contributed by atoms with Crippen molar-refractivity contribution in [1.29, 1.82) is 0 Å². The van der Waals surface area contributed by atoms with Crippen LogP contribution in [0.15, 0.2) is 51.4 Å². The van der Waals surface area contributed by atoms with Crippen molar-refractivity contribution in [3.8, 4) is 5.75 Å². The molecule has 2 aromatic carbocycles. The van der Waals surface area contributed by atoms with Crippen LogP contribution in [0.4, 0.5) is 0 Å². The molecule has 2 aromatic rings. The molecule has 1 atom stereocenters. The van der Waals surface area contributed by atoms with Crippen molar-refractivity contribution >= 4 is 43.5 Å². The molecule has 0 fully saturated rings. The van der Waals surface area contributed by atoms with Gasteiger partial charge in [-0.2, -0.15) is 0 Å². The summed E-state index contributed by atoms with van der Waals surface area (Å²) < 4.78 is 7.50. The van der Waals surface area contributed by atoms with Gasteiger partial charge in [0.25, 0.3) is 0 Å². The van der Waals surface area contributed by atoms with Gasteiger partial charge in [0.2, 0.25) is 0 Å². The normalized spacial score (nSPS) is 12.2. The maximum atomic E-state index is 6.17. The van der Waals surface area contributed by atoms with Crippen LogP contribution in [0.1, 0.15) is 11.1 Å². The van der Waals surface area contributed by atoms with Crippen molar-refractivity contribution in [2.45, 2.75) is 12.8 Å². The van der Waals surface area contributed by atoms with Crippen molar-refractivity contribution in [1.82, 2.24) is 0 Å². The van der Waals surface area contributed by atoms with E-state index < -0.39 is 0 Å². The summed E-state index contributed by atoms with van der Waals surface area (Å²) >= 11 is 13.2. The summed E-state index contributed by atoms with van der Waals surface area (Å²) in [6.07, 6.45) is 1.90. The molecule has 0 amide bonds. The molecule has 0 saturated carbocycles. The lowest BCUT2D eigenvalue weighted by Gasteiger charge is -2.16. The molecule has 0 saturated heterocycles. The van der Waals surface area contributed by atoms with Crippen molar-refractivity contribution in [2.75, 3.05) is 13.0 Å². The average Bonchev–Trinajstić information content (AvgIpc) is 2.50. The van der Waals surface area contributed by atoms with Crippen LogP contribution in [0.3, 0.4) is 0 Å². The van der Waals surface area contributed by atoms with Gasteiger partial charge in [-0.3, -0.25) is 0 Å². The predicted octanol–water partition coefficient (Wildman–Crippen LogP) is 5.86. The minimum Gasteiger partial charge on any atom is -0.497 e. The number of hydrogen-bond donors (Lipinski definition) is 0. The van der Waals surface area contributed by atoms with Crippen LogP contribution >= 0.6 is 43.5 Å². The Bertz CT molecular complexity index is 584. The lowest BCUT2D eigenvalue weighted by molar-refractivity contribution is 0.413. The SMILES string of the molecule is COc1ccc(Br)c(CC(CCl)Cc2ccc(Br)cc2)c1. The maximum Gasteiger partial charge on any atom is 0.119 e. The van der Waals surface area contributed by atoms with Gasteiger partial charge < -0.3 is 4.74 Å². The molecule has 0 bridgehead atoms. The Hall–Kier alpha value is -0.510. The summed E-state index contributed by atoms with van der Waals surface area (Å²) in [5.41, 5.74) is 2.54. The first-order chi connectivity index (χ1) is 10.1. The van der Waals surface area contributed by atoms with Crippen LogP contribution in [-0.4, -0.2) is 13.0 Å². The smallest absolute Gasteiger partial charge is 0.119 e. The molecule has 2 rings (SSSR count). The molecule has 0 spiro atoms. The molecule has 0 N–H and O–H groups in total. The summed E-state index contributed by atoms with van der Waals surface area (Å²) in [7, 11) is 1.69. The molecule has 0 aromatic heterocycles. The van der Waals surface area contributed by atoms with E-state index in [4.69, 9.17) is 16.3 Å². The molecule has 1 nitrogen and oxygen atoms in total. The Morgan fingerprint density at radius 2 is 1.76 bits per heavy atom. The molecule has 0 heterocycles. The van der Waals surface area contributed by atoms with E-state index >= 15 is 0 Å². The lowest BCUT2D eigenvalue weighted by atomic mass is 9.94. The van der Waals surface area contributed by atoms with Gasteiger partial charge in [-0.05, 0) is 60.2 Å². The van der Waals surface area contributed by atoms with E-state index in [-0.39, 0.29) is 0 Å². The Balaban J connectivity index is 2.10. The highest BCUT2D eigenvalue weighted by atomic mass is 79.9. The summed E-state index contributed by atoms with van der Waals surface area (Å²) in [5, 5.41) is 0. The first-order valence-electron chi connectivity index (χ1n) is 6.75. The highest BCUT2D eigenvalue weighted by molar-refractivity contribution is 9.10. The molecule has 4 heteroatoms. The number of benzene rings is 2. The number of hydrogen-bond acceptors (Lipinski definition) is 1. The summed E-state index contributed by atoms with van der Waals surface area (Å²) in [6, 6.07) is 14.5. The second-order valence-corrected chi connectivity index (χ2v) is 7.09. The monoisotopic (exact) mass is 430 g/mol. The van der Waals surface area contributed by atoms with Crippen LogP contribution in [0.25, 0.3) is 0 Å². The van der Waals surface area contributed by atoms with E-state index in [1.165, 1.54) is 11.1 Å². The fourth-order valence-electron chi connectivity index (χ4n) is 2.28. The van der Waals surface area contributed by atoms with Crippen molar-refractivity contribution in [3.63, 3.8) is 0 Å². The van der Waals surface area contributed by atoms with Crippen molar-refractivity contribution in [2.24, 2.45) is 5.92 Å². The number of methoxy groups -OCH3 is 1. The predicted molar refractivity (Wildman–Crippen MR) is 96.5 cm³/mol. The minimum atomic E-state index is 0.399. The van der Waals surface area contributed by atoms with Crippen LogP contribution in [0.5, 0.6) is 5.75 Å². The third-order valence-electron chi connectivity index (χ3n) is 3.42. The van der Waals surface area contributed by atoms with E-state index in [0.717, 1.165) is 27.5 Å². The van der Waals surface area contributed by atoms with Crippen LogP contribution in [0, 0.1) is 5.92 Å². The zero-order chi connectivity index (χ0) is 15.2. The fraction of sp³-hybridized carbons (Fsp3) is 0.294. The largest absolute Gasteiger partial charge is 0.497 e. The minimum absolute atomic E-state index is 0.399. The number of alkyl halides is 1. The fourth-order valence-corrected chi connectivity index (χ4v) is 3.17. The zero-order valence-corrected chi connectivity index (χ0v) is 15.7. The summed E-state index contributed by atoms with van der Waals surface area (Å²) in [6.45, 7) is 0. The van der Waals surface area contributed by atoms with Crippen LogP contribution < -0.4 is 4.74 Å². The summed E-state index contributed by atoms with van der Waals surface area (Å²) in [4.78, 5) is 0. The van der Waals surface area contributed by atoms with Gasteiger partial charge in [0.1, 0.15) is 5.75 Å². The first kappa shape index (κ1) is 16.9. The maximum absolute atomic E-state index is 6.17. The Kier molecular flexibility index (Phi) is 6.59. The van der Waals surface area contributed by atoms with Gasteiger partial charge in [-0.1, -0.05) is 44.0 Å². The van der Waals surface area contributed by atoms with Crippen molar-refractivity contribution in [3.05, 3.63) is 62.5 Å². The molecule has 112 valence electrons. The first-order valence-corrected chi connectivity index (χ1v) is 8.87. The van der Waals surface area contributed by atoms with E-state index in [2.05, 4.69) is 62.2 Å². The molecular formula is C17H17Br2ClO. The lowest BCUT2D eigenvalue weighted by Crippen LogP contribution is -2.10. The second-order valence-electron chi connectivity index (χ2n) is 5.01. The molecular weight excluding hydrogens is 415 g/mol. The Morgan fingerprint density at radius 1 is 1.05 bits per heavy atom. The number of ether oxygens (including phenoxy) is 1. The quantitative estimate of drug-likeness (QED) is 0.520. The van der Waals surface area contributed by atoms with Gasteiger partial charge >= 0.3 is 0 Å². The van der Waals surface area contributed by atoms with Gasteiger partial charge in [0, 0.05) is 14.8 Å². The Labute approximate surface area is 147 Å². The highest BCUT2D eigenvalue weighted by Gasteiger charge is 2.12. The van der Waals surface area contributed by atoms with Crippen LogP contribution in [0.2, 0.25) is 0 Å². The van der Waals surface area contributed by atoms with Crippen molar-refractivity contribution < 1.29 is 4.74 Å². The van der Waals surface area contributed by atoms with E-state index in [1.807, 2.05) is 12.1 Å². The van der Waals surface area contributed by atoms with Gasteiger partial charge in [-0.25, -0.2) is 0 Å². The van der Waals surface area contributed by atoms with E-state index in [1.54, 1.807) is 7.11 Å².